The fraction of sp³-hybridized carbons (Fsp3) is 0.385. The first-order valence-corrected chi connectivity index (χ1v) is 11.2. The Morgan fingerprint density at radius 3 is 2.44 bits per heavy atom. The summed E-state index contributed by atoms with van der Waals surface area (Å²) in [7, 11) is 1.63. The number of amides is 1. The number of benzene rings is 2. The number of rotatable bonds is 10. The summed E-state index contributed by atoms with van der Waals surface area (Å²) in [4.78, 5) is 15.5. The van der Waals surface area contributed by atoms with Crippen LogP contribution in [0.25, 0.3) is 11.3 Å². The summed E-state index contributed by atoms with van der Waals surface area (Å²) in [6, 6.07) is 18.6. The maximum atomic E-state index is 13.2. The van der Waals surface area contributed by atoms with E-state index in [0.717, 1.165) is 23.4 Å². The summed E-state index contributed by atoms with van der Waals surface area (Å²) in [6.45, 7) is 10.7. The average molecular weight is 435 g/mol. The van der Waals surface area contributed by atoms with E-state index in [2.05, 4.69) is 50.0 Å². The first-order chi connectivity index (χ1) is 15.4. The summed E-state index contributed by atoms with van der Waals surface area (Å²) in [5.41, 5.74) is 3.20. The van der Waals surface area contributed by atoms with Crippen molar-refractivity contribution in [2.75, 3.05) is 20.2 Å². The van der Waals surface area contributed by atoms with E-state index in [1.54, 1.807) is 7.11 Å². The monoisotopic (exact) mass is 434 g/mol. The molecule has 2 aromatic carbocycles. The van der Waals surface area contributed by atoms with E-state index in [-0.39, 0.29) is 5.91 Å². The summed E-state index contributed by atoms with van der Waals surface area (Å²) < 4.78 is 7.20. The van der Waals surface area contributed by atoms with Crippen molar-refractivity contribution < 1.29 is 9.53 Å². The minimum Gasteiger partial charge on any atom is -0.497 e. The third kappa shape index (κ3) is 5.98. The van der Waals surface area contributed by atoms with Gasteiger partial charge in [0.1, 0.15) is 11.4 Å². The van der Waals surface area contributed by atoms with Crippen LogP contribution in [0.15, 0.2) is 60.8 Å². The molecule has 0 aliphatic carbocycles. The van der Waals surface area contributed by atoms with Gasteiger partial charge in [0.05, 0.1) is 19.2 Å². The van der Waals surface area contributed by atoms with Crippen LogP contribution < -0.4 is 10.1 Å². The molecule has 1 amide bonds. The van der Waals surface area contributed by atoms with Crippen molar-refractivity contribution in [3.05, 3.63) is 71.9 Å². The van der Waals surface area contributed by atoms with Crippen LogP contribution in [0.2, 0.25) is 0 Å². The molecule has 1 heterocycles. The molecule has 170 valence electrons. The van der Waals surface area contributed by atoms with Crippen molar-refractivity contribution in [3.8, 4) is 17.0 Å². The van der Waals surface area contributed by atoms with Crippen molar-refractivity contribution >= 4 is 5.91 Å². The van der Waals surface area contributed by atoms with Crippen molar-refractivity contribution in [2.24, 2.45) is 0 Å². The average Bonchev–Trinajstić information content (AvgIpc) is 3.20. The molecule has 3 aromatic rings. The molecule has 0 spiro atoms. The molecule has 0 radical (unpaired) electrons. The Morgan fingerprint density at radius 2 is 1.78 bits per heavy atom. The Hall–Kier alpha value is -3.12. The third-order valence-corrected chi connectivity index (χ3v) is 5.52. The molecule has 0 aliphatic rings. The number of nitrogens with zero attached hydrogens (tertiary/aromatic N) is 3. The van der Waals surface area contributed by atoms with E-state index in [4.69, 9.17) is 9.84 Å². The Kier molecular flexibility index (Phi) is 8.06. The Balaban J connectivity index is 1.84. The first kappa shape index (κ1) is 23.5. The lowest BCUT2D eigenvalue weighted by atomic mass is 10.1. The fourth-order valence-corrected chi connectivity index (χ4v) is 3.93. The van der Waals surface area contributed by atoms with Gasteiger partial charge in [0.15, 0.2) is 0 Å². The second-order valence-corrected chi connectivity index (χ2v) is 8.49. The van der Waals surface area contributed by atoms with Crippen LogP contribution in [0.5, 0.6) is 5.75 Å². The highest BCUT2D eigenvalue weighted by atomic mass is 16.5. The number of methoxy groups -OCH3 is 1. The number of carbonyl (C=O) groups is 1. The van der Waals surface area contributed by atoms with Crippen LogP contribution in [0.3, 0.4) is 0 Å². The van der Waals surface area contributed by atoms with Gasteiger partial charge in [0.25, 0.3) is 5.91 Å². The van der Waals surface area contributed by atoms with Gasteiger partial charge in [-0.15, -0.1) is 0 Å². The predicted octanol–water partition coefficient (Wildman–Crippen LogP) is 4.46. The number of aromatic nitrogens is 2. The summed E-state index contributed by atoms with van der Waals surface area (Å²) in [6.07, 6.45) is 1.83. The molecule has 0 saturated heterocycles. The zero-order valence-corrected chi connectivity index (χ0v) is 19.7. The van der Waals surface area contributed by atoms with E-state index in [1.807, 2.05) is 53.3 Å². The van der Waals surface area contributed by atoms with E-state index in [9.17, 15) is 4.79 Å². The van der Waals surface area contributed by atoms with Gasteiger partial charge < -0.3 is 10.1 Å². The molecule has 6 nitrogen and oxygen atoms in total. The number of ether oxygens (including phenoxy) is 1. The van der Waals surface area contributed by atoms with Gasteiger partial charge in [-0.2, -0.15) is 5.10 Å². The second-order valence-electron chi connectivity index (χ2n) is 8.49. The van der Waals surface area contributed by atoms with E-state index >= 15 is 0 Å². The smallest absolute Gasteiger partial charge is 0.255 e. The van der Waals surface area contributed by atoms with Crippen molar-refractivity contribution in [1.82, 2.24) is 20.0 Å². The lowest BCUT2D eigenvalue weighted by Gasteiger charge is -2.30. The minimum absolute atomic E-state index is 0.116. The molecule has 0 unspecified atom stereocenters. The second kappa shape index (κ2) is 11.0. The Morgan fingerprint density at radius 1 is 1.06 bits per heavy atom. The van der Waals surface area contributed by atoms with Gasteiger partial charge in [-0.3, -0.25) is 14.4 Å². The van der Waals surface area contributed by atoms with Crippen LogP contribution in [-0.2, 0) is 6.54 Å². The van der Waals surface area contributed by atoms with E-state index in [1.165, 1.54) is 0 Å². The normalized spacial score (nSPS) is 11.4. The number of carbonyl (C=O) groups excluding carboxylic acids is 1. The largest absolute Gasteiger partial charge is 0.497 e. The molecular formula is C26H34N4O2. The van der Waals surface area contributed by atoms with Gasteiger partial charge in [-0.25, -0.2) is 0 Å². The molecule has 1 N–H and O–H groups in total. The molecule has 0 atom stereocenters. The summed E-state index contributed by atoms with van der Waals surface area (Å²) in [5, 5.41) is 7.85. The van der Waals surface area contributed by atoms with Crippen LogP contribution in [0.1, 0.15) is 43.6 Å². The highest BCUT2D eigenvalue weighted by Gasteiger charge is 2.19. The molecular weight excluding hydrogens is 400 g/mol. The maximum absolute atomic E-state index is 13.2. The lowest BCUT2D eigenvalue weighted by molar-refractivity contribution is 0.0940. The SMILES string of the molecule is COc1cccc(-c2nn(Cc3ccccc3)cc2C(=O)NCCN(C(C)C)C(C)C)c1. The third-order valence-electron chi connectivity index (χ3n) is 5.52. The molecule has 0 aliphatic heterocycles. The molecule has 1 aromatic heterocycles. The van der Waals surface area contributed by atoms with E-state index in [0.29, 0.717) is 36.4 Å². The highest BCUT2D eigenvalue weighted by molar-refractivity contribution is 5.99. The van der Waals surface area contributed by atoms with Crippen molar-refractivity contribution in [3.63, 3.8) is 0 Å². The van der Waals surface area contributed by atoms with Crippen molar-refractivity contribution in [2.45, 2.75) is 46.3 Å². The quantitative estimate of drug-likeness (QED) is 0.512. The molecule has 0 fully saturated rings. The topological polar surface area (TPSA) is 59.4 Å². The fourth-order valence-electron chi connectivity index (χ4n) is 3.93. The van der Waals surface area contributed by atoms with Crippen LogP contribution in [-0.4, -0.2) is 52.9 Å². The lowest BCUT2D eigenvalue weighted by Crippen LogP contribution is -2.42. The zero-order valence-electron chi connectivity index (χ0n) is 19.7. The van der Waals surface area contributed by atoms with Gasteiger partial charge in [-0.1, -0.05) is 42.5 Å². The molecule has 6 heteroatoms. The Bertz CT molecular complexity index is 1000. The zero-order chi connectivity index (χ0) is 23.1. The molecule has 0 bridgehead atoms. The van der Waals surface area contributed by atoms with Crippen LogP contribution in [0.4, 0.5) is 0 Å². The van der Waals surface area contributed by atoms with Crippen LogP contribution in [0, 0.1) is 0 Å². The van der Waals surface area contributed by atoms with E-state index < -0.39 is 0 Å². The highest BCUT2D eigenvalue weighted by Crippen LogP contribution is 2.26. The number of nitrogens with one attached hydrogen (secondary N) is 1. The predicted molar refractivity (Wildman–Crippen MR) is 129 cm³/mol. The van der Waals surface area contributed by atoms with Gasteiger partial charge in [0.2, 0.25) is 0 Å². The van der Waals surface area contributed by atoms with Crippen molar-refractivity contribution in [1.29, 1.82) is 0 Å². The Labute approximate surface area is 191 Å². The minimum atomic E-state index is -0.116. The summed E-state index contributed by atoms with van der Waals surface area (Å²) >= 11 is 0. The van der Waals surface area contributed by atoms with Gasteiger partial charge in [0, 0.05) is 36.9 Å². The molecule has 3 rings (SSSR count). The number of hydrogen-bond donors (Lipinski definition) is 1. The standard InChI is InChI=1S/C26H34N4O2/c1-19(2)30(20(3)4)15-14-27-26(31)24-18-29(17-21-10-7-6-8-11-21)28-25(24)22-12-9-13-23(16-22)32-5/h6-13,16,18-20H,14-15,17H2,1-5H3,(H,27,31). The van der Waals surface area contributed by atoms with Gasteiger partial charge >= 0.3 is 0 Å². The first-order valence-electron chi connectivity index (χ1n) is 11.2. The molecule has 0 saturated carbocycles. The maximum Gasteiger partial charge on any atom is 0.255 e. The molecule has 32 heavy (non-hydrogen) atoms. The van der Waals surface area contributed by atoms with Crippen LogP contribution >= 0.6 is 0 Å². The summed E-state index contributed by atoms with van der Waals surface area (Å²) in [5.74, 6) is 0.616. The van der Waals surface area contributed by atoms with Gasteiger partial charge in [-0.05, 0) is 45.4 Å². The number of hydrogen-bond acceptors (Lipinski definition) is 4.